The molecule has 0 heterocycles. The molecular weight excluding hydrogens is 297 g/mol. The van der Waals surface area contributed by atoms with Crippen molar-refractivity contribution in [2.45, 2.75) is 6.92 Å². The number of hydrogen-bond donors (Lipinski definition) is 0. The van der Waals surface area contributed by atoms with Crippen LogP contribution in [0, 0.1) is 12.7 Å². The monoisotopic (exact) mass is 317 g/mol. The van der Waals surface area contributed by atoms with Crippen LogP contribution in [-0.2, 0) is 4.79 Å². The fourth-order valence-electron chi connectivity index (χ4n) is 1.87. The second-order valence-corrected chi connectivity index (χ2v) is 5.20. The van der Waals surface area contributed by atoms with E-state index in [1.165, 1.54) is 17.0 Å². The Bertz CT molecular complexity index is 643. The molecule has 0 aliphatic heterocycles. The predicted molar refractivity (Wildman–Crippen MR) is 86.2 cm³/mol. The van der Waals surface area contributed by atoms with E-state index < -0.39 is 5.82 Å². The number of nitrogens with zero attached hydrogens (tertiary/aromatic N) is 1. The van der Waals surface area contributed by atoms with Crippen LogP contribution < -0.4 is 9.47 Å². The zero-order valence-corrected chi connectivity index (χ0v) is 13.3. The third kappa shape index (κ3) is 5.29. The zero-order valence-electron chi connectivity index (χ0n) is 13.3. The van der Waals surface area contributed by atoms with Gasteiger partial charge in [-0.05, 0) is 31.2 Å². The number of carbonyl (C=O) groups is 1. The molecule has 0 radical (unpaired) electrons. The Hall–Kier alpha value is -2.56. The van der Waals surface area contributed by atoms with Crippen LogP contribution in [0.5, 0.6) is 11.5 Å². The summed E-state index contributed by atoms with van der Waals surface area (Å²) >= 11 is 0. The molecule has 0 N–H and O–H groups in total. The molecule has 0 aliphatic rings. The summed E-state index contributed by atoms with van der Waals surface area (Å²) in [5.41, 5.74) is 1.16. The molecule has 0 unspecified atom stereocenters. The molecule has 2 aromatic rings. The van der Waals surface area contributed by atoms with Gasteiger partial charge in [-0.3, -0.25) is 4.79 Å². The van der Waals surface area contributed by atoms with Gasteiger partial charge in [-0.25, -0.2) is 4.39 Å². The Morgan fingerprint density at radius 1 is 1.09 bits per heavy atom. The first-order chi connectivity index (χ1) is 11.1. The van der Waals surface area contributed by atoms with E-state index in [0.29, 0.717) is 13.2 Å². The number of hydrogen-bond acceptors (Lipinski definition) is 3. The van der Waals surface area contributed by atoms with E-state index in [-0.39, 0.29) is 18.3 Å². The molecule has 1 amide bonds. The van der Waals surface area contributed by atoms with Crippen molar-refractivity contribution in [3.63, 3.8) is 0 Å². The van der Waals surface area contributed by atoms with Crippen LogP contribution in [0.25, 0.3) is 0 Å². The van der Waals surface area contributed by atoms with Gasteiger partial charge in [0, 0.05) is 7.05 Å². The summed E-state index contributed by atoms with van der Waals surface area (Å²) in [4.78, 5) is 13.4. The number of carbonyl (C=O) groups excluding carboxylic acids is 1. The minimum Gasteiger partial charge on any atom is -0.492 e. The molecule has 0 saturated heterocycles. The zero-order chi connectivity index (χ0) is 16.7. The van der Waals surface area contributed by atoms with Crippen LogP contribution in [0.3, 0.4) is 0 Å². The van der Waals surface area contributed by atoms with Crippen molar-refractivity contribution in [2.75, 3.05) is 26.8 Å². The van der Waals surface area contributed by atoms with E-state index >= 15 is 0 Å². The third-order valence-corrected chi connectivity index (χ3v) is 3.33. The van der Waals surface area contributed by atoms with Gasteiger partial charge in [0.1, 0.15) is 12.4 Å². The third-order valence-electron chi connectivity index (χ3n) is 3.33. The molecule has 0 bridgehead atoms. The van der Waals surface area contributed by atoms with Crippen LogP contribution in [-0.4, -0.2) is 37.6 Å². The fraction of sp³-hybridized carbons (Fsp3) is 0.278. The van der Waals surface area contributed by atoms with Crippen LogP contribution >= 0.6 is 0 Å². The van der Waals surface area contributed by atoms with Gasteiger partial charge in [-0.15, -0.1) is 0 Å². The second-order valence-electron chi connectivity index (χ2n) is 5.20. The first kappa shape index (κ1) is 16.8. The van der Waals surface area contributed by atoms with Gasteiger partial charge in [-0.1, -0.05) is 29.8 Å². The lowest BCUT2D eigenvalue weighted by atomic mass is 10.2. The van der Waals surface area contributed by atoms with Crippen LogP contribution in [0.15, 0.2) is 48.5 Å². The summed E-state index contributed by atoms with van der Waals surface area (Å²) in [6, 6.07) is 13.7. The lowest BCUT2D eigenvalue weighted by Crippen LogP contribution is -2.34. The van der Waals surface area contributed by atoms with E-state index in [4.69, 9.17) is 9.47 Å². The van der Waals surface area contributed by atoms with Crippen LogP contribution in [0.1, 0.15) is 5.56 Å². The minimum atomic E-state index is -0.481. The Morgan fingerprint density at radius 3 is 2.48 bits per heavy atom. The van der Waals surface area contributed by atoms with Gasteiger partial charge in [0.25, 0.3) is 5.91 Å². The predicted octanol–water partition coefficient (Wildman–Crippen LogP) is 3.05. The summed E-state index contributed by atoms with van der Waals surface area (Å²) in [5.74, 6) is 0.121. The molecule has 23 heavy (non-hydrogen) atoms. The summed E-state index contributed by atoms with van der Waals surface area (Å²) in [6.45, 7) is 2.60. The Kier molecular flexibility index (Phi) is 5.97. The van der Waals surface area contributed by atoms with Crippen molar-refractivity contribution >= 4 is 5.91 Å². The standard InChI is InChI=1S/C18H20FNO3/c1-14-7-9-15(10-8-14)22-12-11-20(2)18(21)13-23-17-6-4-3-5-16(17)19/h3-10H,11-13H2,1-2H3. The van der Waals surface area contributed by atoms with Crippen molar-refractivity contribution < 1.29 is 18.7 Å². The maximum Gasteiger partial charge on any atom is 0.260 e. The molecule has 4 nitrogen and oxygen atoms in total. The van der Waals surface area contributed by atoms with E-state index in [2.05, 4.69) is 0 Å². The summed E-state index contributed by atoms with van der Waals surface area (Å²) in [5, 5.41) is 0. The lowest BCUT2D eigenvalue weighted by molar-refractivity contribution is -0.132. The molecule has 2 aromatic carbocycles. The molecule has 0 saturated carbocycles. The highest BCUT2D eigenvalue weighted by molar-refractivity contribution is 5.77. The van der Waals surface area contributed by atoms with Gasteiger partial charge in [0.15, 0.2) is 18.2 Å². The van der Waals surface area contributed by atoms with E-state index in [9.17, 15) is 9.18 Å². The summed E-state index contributed by atoms with van der Waals surface area (Å²) in [6.07, 6.45) is 0. The highest BCUT2D eigenvalue weighted by Crippen LogP contribution is 2.15. The van der Waals surface area contributed by atoms with Gasteiger partial charge in [-0.2, -0.15) is 0 Å². The highest BCUT2D eigenvalue weighted by Gasteiger charge is 2.11. The normalized spacial score (nSPS) is 10.2. The molecule has 0 fully saturated rings. The van der Waals surface area contributed by atoms with Gasteiger partial charge in [0.2, 0.25) is 0 Å². The highest BCUT2D eigenvalue weighted by atomic mass is 19.1. The van der Waals surface area contributed by atoms with Crippen LogP contribution in [0.4, 0.5) is 4.39 Å². The molecule has 0 aromatic heterocycles. The van der Waals surface area contributed by atoms with Gasteiger partial charge >= 0.3 is 0 Å². The van der Waals surface area contributed by atoms with Crippen molar-refractivity contribution in [3.05, 3.63) is 59.9 Å². The maximum atomic E-state index is 13.4. The fourth-order valence-corrected chi connectivity index (χ4v) is 1.87. The molecule has 0 spiro atoms. The number of aryl methyl sites for hydroxylation is 1. The topological polar surface area (TPSA) is 38.8 Å². The SMILES string of the molecule is Cc1ccc(OCCN(C)C(=O)COc2ccccc2F)cc1. The number of rotatable bonds is 7. The quantitative estimate of drug-likeness (QED) is 0.788. The average molecular weight is 317 g/mol. The number of para-hydroxylation sites is 1. The Labute approximate surface area is 135 Å². The maximum absolute atomic E-state index is 13.4. The molecular formula is C18H20FNO3. The first-order valence-electron chi connectivity index (χ1n) is 7.37. The number of ether oxygens (including phenoxy) is 2. The number of likely N-dealkylation sites (N-methyl/N-ethyl adjacent to an activating group) is 1. The first-order valence-corrected chi connectivity index (χ1v) is 7.37. The number of amides is 1. The number of benzene rings is 2. The van der Waals surface area contributed by atoms with Gasteiger partial charge < -0.3 is 14.4 Å². The van der Waals surface area contributed by atoms with Crippen molar-refractivity contribution in [3.8, 4) is 11.5 Å². The minimum absolute atomic E-state index is 0.0742. The van der Waals surface area contributed by atoms with Crippen molar-refractivity contribution in [1.29, 1.82) is 0 Å². The molecule has 0 aliphatic carbocycles. The Morgan fingerprint density at radius 2 is 1.78 bits per heavy atom. The summed E-state index contributed by atoms with van der Waals surface area (Å²) in [7, 11) is 1.66. The van der Waals surface area contributed by atoms with E-state index in [1.807, 2.05) is 31.2 Å². The molecule has 122 valence electrons. The molecule has 0 atom stereocenters. The van der Waals surface area contributed by atoms with E-state index in [0.717, 1.165) is 11.3 Å². The van der Waals surface area contributed by atoms with E-state index in [1.54, 1.807) is 19.2 Å². The summed E-state index contributed by atoms with van der Waals surface area (Å²) < 4.78 is 24.1. The average Bonchev–Trinajstić information content (AvgIpc) is 2.55. The largest absolute Gasteiger partial charge is 0.492 e. The Balaban J connectivity index is 1.72. The smallest absolute Gasteiger partial charge is 0.260 e. The molecule has 2 rings (SSSR count). The number of halogens is 1. The van der Waals surface area contributed by atoms with Crippen molar-refractivity contribution in [1.82, 2.24) is 4.90 Å². The van der Waals surface area contributed by atoms with Crippen LogP contribution in [0.2, 0.25) is 0 Å². The van der Waals surface area contributed by atoms with Crippen molar-refractivity contribution in [2.24, 2.45) is 0 Å². The van der Waals surface area contributed by atoms with Gasteiger partial charge in [0.05, 0.1) is 6.54 Å². The molecule has 5 heteroatoms. The second kappa shape index (κ2) is 8.17. The lowest BCUT2D eigenvalue weighted by Gasteiger charge is -2.18.